The van der Waals surface area contributed by atoms with Crippen LogP contribution >= 0.6 is 0 Å². The van der Waals surface area contributed by atoms with E-state index in [1.165, 1.54) is 25.9 Å². The number of amides is 1. The SMILES string of the molecule is CN1CCC(C2CCN(C(=O)[C@](C)(N)c3ccccc3)CC2)CC1. The number of hydrogen-bond donors (Lipinski definition) is 1. The second kappa shape index (κ2) is 7.24. The highest BCUT2D eigenvalue weighted by molar-refractivity contribution is 5.87. The molecule has 0 saturated carbocycles. The van der Waals surface area contributed by atoms with Gasteiger partial charge in [-0.3, -0.25) is 4.79 Å². The van der Waals surface area contributed by atoms with E-state index in [2.05, 4.69) is 11.9 Å². The maximum Gasteiger partial charge on any atom is 0.246 e. The topological polar surface area (TPSA) is 49.6 Å². The van der Waals surface area contributed by atoms with Gasteiger partial charge >= 0.3 is 0 Å². The normalized spacial score (nSPS) is 23.9. The predicted molar refractivity (Wildman–Crippen MR) is 97.5 cm³/mol. The largest absolute Gasteiger partial charge is 0.341 e. The Hall–Kier alpha value is -1.39. The van der Waals surface area contributed by atoms with Gasteiger partial charge in [0.25, 0.3) is 0 Å². The molecule has 3 rings (SSSR count). The fourth-order valence-corrected chi connectivity index (χ4v) is 4.31. The molecule has 132 valence electrons. The van der Waals surface area contributed by atoms with E-state index >= 15 is 0 Å². The summed E-state index contributed by atoms with van der Waals surface area (Å²) >= 11 is 0. The maximum absolute atomic E-state index is 12.9. The maximum atomic E-state index is 12.9. The Morgan fingerprint density at radius 3 is 2.04 bits per heavy atom. The monoisotopic (exact) mass is 329 g/mol. The van der Waals surface area contributed by atoms with Gasteiger partial charge in [0.15, 0.2) is 0 Å². The smallest absolute Gasteiger partial charge is 0.246 e. The minimum atomic E-state index is -0.929. The van der Waals surface area contributed by atoms with Crippen molar-refractivity contribution < 1.29 is 4.79 Å². The molecule has 2 fully saturated rings. The standard InChI is InChI=1S/C20H31N3O/c1-20(21,18-6-4-3-5-7-18)19(24)23-14-10-17(11-15-23)16-8-12-22(2)13-9-16/h3-7,16-17H,8-15,21H2,1-2H3/t20-/m1/s1. The summed E-state index contributed by atoms with van der Waals surface area (Å²) in [5.74, 6) is 1.69. The Labute approximate surface area is 146 Å². The van der Waals surface area contributed by atoms with Crippen molar-refractivity contribution in [3.05, 3.63) is 35.9 Å². The van der Waals surface area contributed by atoms with E-state index in [4.69, 9.17) is 5.73 Å². The molecule has 1 atom stereocenters. The van der Waals surface area contributed by atoms with Crippen LogP contribution in [-0.2, 0) is 10.3 Å². The van der Waals surface area contributed by atoms with Crippen LogP contribution < -0.4 is 5.73 Å². The van der Waals surface area contributed by atoms with Crippen molar-refractivity contribution in [1.29, 1.82) is 0 Å². The zero-order valence-electron chi connectivity index (χ0n) is 15.1. The third-order valence-electron chi connectivity index (χ3n) is 6.07. The van der Waals surface area contributed by atoms with Gasteiger partial charge in [-0.05, 0) is 70.1 Å². The molecule has 2 aliphatic heterocycles. The van der Waals surface area contributed by atoms with Gasteiger partial charge in [-0.1, -0.05) is 30.3 Å². The number of carbonyl (C=O) groups is 1. The van der Waals surface area contributed by atoms with Crippen LogP contribution in [0.4, 0.5) is 0 Å². The van der Waals surface area contributed by atoms with Gasteiger partial charge in [0.1, 0.15) is 5.54 Å². The van der Waals surface area contributed by atoms with E-state index in [0.29, 0.717) is 0 Å². The summed E-state index contributed by atoms with van der Waals surface area (Å²) in [6, 6.07) is 9.74. The van der Waals surface area contributed by atoms with Gasteiger partial charge in [0.05, 0.1) is 0 Å². The highest BCUT2D eigenvalue weighted by atomic mass is 16.2. The van der Waals surface area contributed by atoms with E-state index in [1.807, 2.05) is 42.2 Å². The molecule has 0 spiro atoms. The third kappa shape index (κ3) is 3.65. The van der Waals surface area contributed by atoms with Crippen LogP contribution in [0.2, 0.25) is 0 Å². The molecule has 0 unspecified atom stereocenters. The lowest BCUT2D eigenvalue weighted by molar-refractivity contribution is -0.138. The van der Waals surface area contributed by atoms with Crippen molar-refractivity contribution in [1.82, 2.24) is 9.80 Å². The summed E-state index contributed by atoms with van der Waals surface area (Å²) in [5.41, 5.74) is 6.38. The van der Waals surface area contributed by atoms with Crippen LogP contribution in [0.25, 0.3) is 0 Å². The van der Waals surface area contributed by atoms with Crippen molar-refractivity contribution >= 4 is 5.91 Å². The number of benzene rings is 1. The number of nitrogens with zero attached hydrogens (tertiary/aromatic N) is 2. The first-order valence-corrected chi connectivity index (χ1v) is 9.31. The molecule has 4 heteroatoms. The lowest BCUT2D eigenvalue weighted by Gasteiger charge is -2.41. The van der Waals surface area contributed by atoms with E-state index in [0.717, 1.165) is 43.3 Å². The Kier molecular flexibility index (Phi) is 5.26. The number of carbonyl (C=O) groups excluding carboxylic acids is 1. The first-order valence-electron chi connectivity index (χ1n) is 9.31. The summed E-state index contributed by atoms with van der Waals surface area (Å²) in [6.07, 6.45) is 4.89. The van der Waals surface area contributed by atoms with E-state index in [1.54, 1.807) is 0 Å². The van der Waals surface area contributed by atoms with Gasteiger partial charge in [0.2, 0.25) is 5.91 Å². The summed E-state index contributed by atoms with van der Waals surface area (Å²) in [5, 5.41) is 0. The molecule has 24 heavy (non-hydrogen) atoms. The van der Waals surface area contributed by atoms with Crippen LogP contribution in [0, 0.1) is 11.8 Å². The Morgan fingerprint density at radius 2 is 1.50 bits per heavy atom. The summed E-state index contributed by atoms with van der Waals surface area (Å²) in [4.78, 5) is 17.4. The minimum absolute atomic E-state index is 0.0653. The van der Waals surface area contributed by atoms with Crippen LogP contribution in [-0.4, -0.2) is 48.9 Å². The highest BCUT2D eigenvalue weighted by Gasteiger charge is 2.37. The molecule has 2 aliphatic rings. The molecule has 2 N–H and O–H groups in total. The second-order valence-electron chi connectivity index (χ2n) is 7.84. The van der Waals surface area contributed by atoms with Gasteiger partial charge in [-0.25, -0.2) is 0 Å². The lowest BCUT2D eigenvalue weighted by atomic mass is 9.78. The average Bonchev–Trinajstić information content (AvgIpc) is 2.62. The molecule has 0 aliphatic carbocycles. The Bertz CT molecular complexity index is 541. The molecule has 1 aromatic rings. The zero-order chi connectivity index (χ0) is 17.2. The second-order valence-corrected chi connectivity index (χ2v) is 7.84. The highest BCUT2D eigenvalue weighted by Crippen LogP contribution is 2.33. The molecule has 1 aromatic carbocycles. The van der Waals surface area contributed by atoms with Crippen molar-refractivity contribution in [2.45, 2.75) is 38.1 Å². The predicted octanol–water partition coefficient (Wildman–Crippen LogP) is 2.44. The number of rotatable bonds is 3. The van der Waals surface area contributed by atoms with E-state index in [-0.39, 0.29) is 5.91 Å². The summed E-state index contributed by atoms with van der Waals surface area (Å²) in [7, 11) is 2.21. The first-order chi connectivity index (χ1) is 11.5. The van der Waals surface area contributed by atoms with Crippen molar-refractivity contribution in [2.75, 3.05) is 33.2 Å². The van der Waals surface area contributed by atoms with Gasteiger partial charge in [-0.15, -0.1) is 0 Å². The Morgan fingerprint density at radius 1 is 1.00 bits per heavy atom. The molecule has 1 amide bonds. The molecule has 4 nitrogen and oxygen atoms in total. The molecular formula is C20H31N3O. The summed E-state index contributed by atoms with van der Waals surface area (Å²) < 4.78 is 0. The Balaban J connectivity index is 1.57. The number of piperidine rings is 2. The third-order valence-corrected chi connectivity index (χ3v) is 6.07. The number of likely N-dealkylation sites (tertiary alicyclic amines) is 2. The van der Waals surface area contributed by atoms with Gasteiger partial charge < -0.3 is 15.5 Å². The van der Waals surface area contributed by atoms with Crippen LogP contribution in [0.5, 0.6) is 0 Å². The molecular weight excluding hydrogens is 298 g/mol. The summed E-state index contributed by atoms with van der Waals surface area (Å²) in [6.45, 7) is 6.00. The lowest BCUT2D eigenvalue weighted by Crippen LogP contribution is -2.53. The van der Waals surface area contributed by atoms with Crippen molar-refractivity contribution in [3.63, 3.8) is 0 Å². The zero-order valence-corrected chi connectivity index (χ0v) is 15.1. The quantitative estimate of drug-likeness (QED) is 0.927. The molecule has 2 saturated heterocycles. The molecule has 0 radical (unpaired) electrons. The van der Waals surface area contributed by atoms with Crippen molar-refractivity contribution in [3.8, 4) is 0 Å². The molecule has 2 heterocycles. The number of nitrogens with two attached hydrogens (primary N) is 1. The van der Waals surface area contributed by atoms with Gasteiger partial charge in [-0.2, -0.15) is 0 Å². The van der Waals surface area contributed by atoms with Crippen LogP contribution in [0.3, 0.4) is 0 Å². The molecule has 0 bridgehead atoms. The molecule has 0 aromatic heterocycles. The van der Waals surface area contributed by atoms with Crippen LogP contribution in [0.1, 0.15) is 38.2 Å². The van der Waals surface area contributed by atoms with E-state index in [9.17, 15) is 4.79 Å². The fourth-order valence-electron chi connectivity index (χ4n) is 4.31. The van der Waals surface area contributed by atoms with E-state index < -0.39 is 5.54 Å². The number of hydrogen-bond acceptors (Lipinski definition) is 3. The van der Waals surface area contributed by atoms with Crippen molar-refractivity contribution in [2.24, 2.45) is 17.6 Å². The average molecular weight is 329 g/mol. The van der Waals surface area contributed by atoms with Gasteiger partial charge in [0, 0.05) is 13.1 Å². The van der Waals surface area contributed by atoms with Crippen LogP contribution in [0.15, 0.2) is 30.3 Å². The first kappa shape index (κ1) is 17.4. The minimum Gasteiger partial charge on any atom is -0.341 e. The fraction of sp³-hybridized carbons (Fsp3) is 0.650.